The van der Waals surface area contributed by atoms with Gasteiger partial charge < -0.3 is 5.32 Å². The SMILES string of the molecule is CCc1ccc(CC2SC(=O)N(CCCCC(=O)Nc3ccc(-c4nnn[nH]4)cc3)C2=O)cc1. The van der Waals surface area contributed by atoms with E-state index in [9.17, 15) is 14.4 Å². The van der Waals surface area contributed by atoms with E-state index in [1.165, 1.54) is 10.5 Å². The highest BCUT2D eigenvalue weighted by molar-refractivity contribution is 8.15. The molecule has 3 aromatic rings. The van der Waals surface area contributed by atoms with Gasteiger partial charge in [-0.05, 0) is 71.5 Å². The van der Waals surface area contributed by atoms with Gasteiger partial charge in [0.05, 0.1) is 5.25 Å². The van der Waals surface area contributed by atoms with Gasteiger partial charge in [0.2, 0.25) is 11.8 Å². The molecule has 1 fully saturated rings. The molecule has 2 aromatic carbocycles. The van der Waals surface area contributed by atoms with Crippen molar-refractivity contribution < 1.29 is 14.4 Å². The summed E-state index contributed by atoms with van der Waals surface area (Å²) in [4.78, 5) is 38.6. The molecule has 176 valence electrons. The number of tetrazole rings is 1. The Bertz CT molecular complexity index is 1130. The van der Waals surface area contributed by atoms with E-state index >= 15 is 0 Å². The molecule has 0 saturated carbocycles. The van der Waals surface area contributed by atoms with Gasteiger partial charge in [0, 0.05) is 24.2 Å². The van der Waals surface area contributed by atoms with E-state index in [2.05, 4.69) is 45.0 Å². The molecule has 4 rings (SSSR count). The number of aryl methyl sites for hydroxylation is 1. The van der Waals surface area contributed by atoms with Crippen LogP contribution in [0.3, 0.4) is 0 Å². The van der Waals surface area contributed by atoms with Crippen LogP contribution in [-0.4, -0.2) is 54.4 Å². The van der Waals surface area contributed by atoms with Crippen molar-refractivity contribution in [3.63, 3.8) is 0 Å². The van der Waals surface area contributed by atoms with Gasteiger partial charge in [-0.25, -0.2) is 5.10 Å². The number of carbonyl (C=O) groups excluding carboxylic acids is 3. The number of carbonyl (C=O) groups is 3. The Hall–Kier alpha value is -3.53. The topological polar surface area (TPSA) is 121 Å². The molecule has 1 atom stereocenters. The van der Waals surface area contributed by atoms with Gasteiger partial charge in [-0.15, -0.1) is 5.10 Å². The minimum absolute atomic E-state index is 0.115. The van der Waals surface area contributed by atoms with Crippen molar-refractivity contribution >= 4 is 34.5 Å². The number of thioether (sulfide) groups is 1. The molecule has 1 aliphatic heterocycles. The van der Waals surface area contributed by atoms with E-state index in [1.54, 1.807) is 12.1 Å². The third-order valence-electron chi connectivity index (χ3n) is 5.68. The smallest absolute Gasteiger partial charge is 0.289 e. The van der Waals surface area contributed by atoms with Gasteiger partial charge in [0.1, 0.15) is 0 Å². The number of benzene rings is 2. The van der Waals surface area contributed by atoms with Crippen molar-refractivity contribution in [2.45, 2.75) is 44.3 Å². The lowest BCUT2D eigenvalue weighted by Gasteiger charge is -2.14. The number of hydrogen-bond acceptors (Lipinski definition) is 7. The Morgan fingerprint density at radius 2 is 1.79 bits per heavy atom. The van der Waals surface area contributed by atoms with Crippen molar-refractivity contribution in [2.24, 2.45) is 0 Å². The highest BCUT2D eigenvalue weighted by atomic mass is 32.2. The Kier molecular flexibility index (Phi) is 7.69. The normalized spacial score (nSPS) is 15.7. The average molecular weight is 479 g/mol. The molecular formula is C24H26N6O3S. The standard InChI is InChI=1S/C24H26N6O3S/c1-2-16-6-8-17(9-7-16)15-20-23(32)30(24(33)34-20)14-4-3-5-21(31)25-19-12-10-18(11-13-19)22-26-28-29-27-22/h6-13,20H,2-5,14-15H2,1H3,(H,25,31)(H,26,27,28,29). The van der Waals surface area contributed by atoms with E-state index in [4.69, 9.17) is 0 Å². The first-order chi connectivity index (χ1) is 16.5. The van der Waals surface area contributed by atoms with E-state index in [1.807, 2.05) is 24.3 Å². The maximum absolute atomic E-state index is 12.7. The highest BCUT2D eigenvalue weighted by Gasteiger charge is 2.38. The quantitative estimate of drug-likeness (QED) is 0.425. The molecule has 10 heteroatoms. The van der Waals surface area contributed by atoms with E-state index in [0.717, 1.165) is 29.3 Å². The van der Waals surface area contributed by atoms with Crippen LogP contribution in [0.2, 0.25) is 0 Å². The lowest BCUT2D eigenvalue weighted by molar-refractivity contribution is -0.126. The van der Waals surface area contributed by atoms with Gasteiger partial charge in [0.15, 0.2) is 5.82 Å². The van der Waals surface area contributed by atoms with Crippen LogP contribution >= 0.6 is 11.8 Å². The van der Waals surface area contributed by atoms with Crippen LogP contribution in [0, 0.1) is 0 Å². The fourth-order valence-corrected chi connectivity index (χ4v) is 4.78. The molecule has 0 spiro atoms. The molecular weight excluding hydrogens is 452 g/mol. The second-order valence-corrected chi connectivity index (χ2v) is 9.22. The summed E-state index contributed by atoms with van der Waals surface area (Å²) >= 11 is 1.10. The summed E-state index contributed by atoms with van der Waals surface area (Å²) in [7, 11) is 0. The molecule has 2 heterocycles. The van der Waals surface area contributed by atoms with Gasteiger partial charge in [-0.1, -0.05) is 43.0 Å². The number of aromatic nitrogens is 4. The summed E-state index contributed by atoms with van der Waals surface area (Å²) < 4.78 is 0. The second kappa shape index (κ2) is 11.1. The average Bonchev–Trinajstić information content (AvgIpc) is 3.47. The summed E-state index contributed by atoms with van der Waals surface area (Å²) in [6.07, 6.45) is 2.99. The predicted molar refractivity (Wildman–Crippen MR) is 130 cm³/mol. The third kappa shape index (κ3) is 5.88. The van der Waals surface area contributed by atoms with Crippen molar-refractivity contribution in [2.75, 3.05) is 11.9 Å². The van der Waals surface area contributed by atoms with Gasteiger partial charge >= 0.3 is 0 Å². The molecule has 3 amide bonds. The highest BCUT2D eigenvalue weighted by Crippen LogP contribution is 2.30. The molecule has 1 aliphatic rings. The first kappa shape index (κ1) is 23.6. The number of aromatic amines is 1. The number of nitrogens with zero attached hydrogens (tertiary/aromatic N) is 4. The van der Waals surface area contributed by atoms with Crippen LogP contribution in [0.4, 0.5) is 10.5 Å². The summed E-state index contributed by atoms with van der Waals surface area (Å²) in [5.74, 6) is 0.302. The van der Waals surface area contributed by atoms with Crippen LogP contribution in [0.5, 0.6) is 0 Å². The van der Waals surface area contributed by atoms with Crippen molar-refractivity contribution in [1.82, 2.24) is 25.5 Å². The van der Waals surface area contributed by atoms with E-state index in [0.29, 0.717) is 43.7 Å². The lowest BCUT2D eigenvalue weighted by Crippen LogP contribution is -2.33. The van der Waals surface area contributed by atoms with Crippen LogP contribution < -0.4 is 5.32 Å². The van der Waals surface area contributed by atoms with E-state index in [-0.39, 0.29) is 22.3 Å². The molecule has 0 aliphatic carbocycles. The first-order valence-electron chi connectivity index (χ1n) is 11.3. The molecule has 1 aromatic heterocycles. The van der Waals surface area contributed by atoms with Crippen LogP contribution in [0.25, 0.3) is 11.4 Å². The van der Waals surface area contributed by atoms with E-state index < -0.39 is 0 Å². The largest absolute Gasteiger partial charge is 0.326 e. The Balaban J connectivity index is 1.19. The van der Waals surface area contributed by atoms with Gasteiger partial charge in [-0.2, -0.15) is 0 Å². The first-order valence-corrected chi connectivity index (χ1v) is 12.1. The fraction of sp³-hybridized carbons (Fsp3) is 0.333. The number of nitrogens with one attached hydrogen (secondary N) is 2. The Morgan fingerprint density at radius 3 is 2.47 bits per heavy atom. The number of rotatable bonds is 10. The summed E-state index contributed by atoms with van der Waals surface area (Å²) in [5.41, 5.74) is 3.80. The maximum Gasteiger partial charge on any atom is 0.289 e. The van der Waals surface area contributed by atoms with Gasteiger partial charge in [-0.3, -0.25) is 19.3 Å². The summed E-state index contributed by atoms with van der Waals surface area (Å²) in [6, 6.07) is 15.4. The number of unbranched alkanes of at least 4 members (excludes halogenated alkanes) is 1. The zero-order chi connectivity index (χ0) is 23.9. The number of imide groups is 1. The molecule has 9 nitrogen and oxygen atoms in total. The van der Waals surface area contributed by atoms with Crippen LogP contribution in [0.15, 0.2) is 48.5 Å². The zero-order valence-corrected chi connectivity index (χ0v) is 19.7. The van der Waals surface area contributed by atoms with Crippen LogP contribution in [-0.2, 0) is 22.4 Å². The molecule has 0 bridgehead atoms. The summed E-state index contributed by atoms with van der Waals surface area (Å²) in [6.45, 7) is 2.44. The molecule has 1 saturated heterocycles. The number of anilines is 1. The number of amides is 3. The molecule has 0 radical (unpaired) electrons. The molecule has 1 unspecified atom stereocenters. The minimum Gasteiger partial charge on any atom is -0.326 e. The maximum atomic E-state index is 12.7. The zero-order valence-electron chi connectivity index (χ0n) is 18.9. The lowest BCUT2D eigenvalue weighted by atomic mass is 10.1. The fourth-order valence-electron chi connectivity index (χ4n) is 3.73. The third-order valence-corrected chi connectivity index (χ3v) is 6.76. The van der Waals surface area contributed by atoms with Crippen LogP contribution in [0.1, 0.15) is 37.3 Å². The monoisotopic (exact) mass is 478 g/mol. The number of hydrogen-bond donors (Lipinski definition) is 2. The Labute approximate surface area is 201 Å². The Morgan fingerprint density at radius 1 is 1.06 bits per heavy atom. The molecule has 2 N–H and O–H groups in total. The van der Waals surface area contributed by atoms with Gasteiger partial charge in [0.25, 0.3) is 5.24 Å². The van der Waals surface area contributed by atoms with Crippen molar-refractivity contribution in [3.8, 4) is 11.4 Å². The second-order valence-electron chi connectivity index (χ2n) is 8.07. The predicted octanol–water partition coefficient (Wildman–Crippen LogP) is 3.84. The number of H-pyrrole nitrogens is 1. The molecule has 34 heavy (non-hydrogen) atoms. The summed E-state index contributed by atoms with van der Waals surface area (Å²) in [5, 5.41) is 15.9. The van der Waals surface area contributed by atoms with Crippen molar-refractivity contribution in [3.05, 3.63) is 59.7 Å². The minimum atomic E-state index is -0.376. The van der Waals surface area contributed by atoms with Crippen molar-refractivity contribution in [1.29, 1.82) is 0 Å².